The van der Waals surface area contributed by atoms with E-state index < -0.39 is 23.5 Å². The Labute approximate surface area is 257 Å². The van der Waals surface area contributed by atoms with Crippen molar-refractivity contribution in [2.24, 2.45) is 11.7 Å². The molecule has 0 aliphatic heterocycles. The second-order valence-electron chi connectivity index (χ2n) is 10.2. The van der Waals surface area contributed by atoms with Gasteiger partial charge < -0.3 is 20.5 Å². The minimum absolute atomic E-state index is 0.0119. The maximum atomic E-state index is 13.9. The average molecular weight is 623 g/mol. The lowest BCUT2D eigenvalue weighted by atomic mass is 9.95. The predicted octanol–water partition coefficient (Wildman–Crippen LogP) is 5.94. The number of imidazole rings is 1. The highest BCUT2D eigenvalue weighted by molar-refractivity contribution is 7.80. The van der Waals surface area contributed by atoms with Crippen LogP contribution in [0.1, 0.15) is 34.4 Å². The summed E-state index contributed by atoms with van der Waals surface area (Å²) in [6, 6.07) is 19.8. The maximum Gasteiger partial charge on any atom is 0.416 e. The molecule has 0 aliphatic carbocycles. The van der Waals surface area contributed by atoms with Gasteiger partial charge in [0.1, 0.15) is 11.6 Å². The molecule has 0 saturated heterocycles. The van der Waals surface area contributed by atoms with E-state index >= 15 is 0 Å². The zero-order chi connectivity index (χ0) is 31.7. The van der Waals surface area contributed by atoms with E-state index in [1.165, 1.54) is 41.3 Å². The highest BCUT2D eigenvalue weighted by Crippen LogP contribution is 2.32. The third kappa shape index (κ3) is 8.72. The molecule has 0 radical (unpaired) electrons. The molecule has 0 spiro atoms. The van der Waals surface area contributed by atoms with Crippen LogP contribution in [0.25, 0.3) is 0 Å². The summed E-state index contributed by atoms with van der Waals surface area (Å²) in [4.78, 5) is 19.4. The number of Topliss-reactive ketones (excluding diaryl/α,β-unsaturated/α-hetero) is 1. The number of nitriles is 1. The number of nitrogens with two attached hydrogens (primary N) is 1. The molecule has 3 aromatic carbocycles. The van der Waals surface area contributed by atoms with Crippen LogP contribution in [-0.2, 0) is 30.5 Å². The summed E-state index contributed by atoms with van der Waals surface area (Å²) >= 11 is 5.59. The van der Waals surface area contributed by atoms with Crippen LogP contribution >= 0.6 is 12.2 Å². The van der Waals surface area contributed by atoms with Gasteiger partial charge in [-0.3, -0.25) is 4.79 Å². The van der Waals surface area contributed by atoms with Gasteiger partial charge in [-0.1, -0.05) is 36.4 Å². The lowest BCUT2D eigenvalue weighted by molar-refractivity contribution is -0.138. The van der Waals surface area contributed by atoms with Crippen LogP contribution in [0.3, 0.4) is 0 Å². The monoisotopic (exact) mass is 622 g/mol. The third-order valence-electron chi connectivity index (χ3n) is 7.05. The summed E-state index contributed by atoms with van der Waals surface area (Å²) < 4.78 is 57.2. The van der Waals surface area contributed by atoms with Crippen molar-refractivity contribution in [3.63, 3.8) is 0 Å². The van der Waals surface area contributed by atoms with Crippen molar-refractivity contribution in [1.82, 2.24) is 14.5 Å². The van der Waals surface area contributed by atoms with E-state index in [0.717, 1.165) is 11.6 Å². The molecule has 0 amide bonds. The molecule has 1 heterocycles. The molecule has 0 unspecified atom stereocenters. The first-order chi connectivity index (χ1) is 21.1. The molecule has 0 bridgehead atoms. The number of nitrogens with zero attached hydrogens (tertiary/aromatic N) is 4. The Hall–Kier alpha value is -4.60. The fraction of sp³-hybridized carbons (Fsp3) is 0.250. The molecule has 44 heavy (non-hydrogen) atoms. The molecular formula is C32H30F4N6OS. The van der Waals surface area contributed by atoms with Gasteiger partial charge in [0.25, 0.3) is 0 Å². The first kappa shape index (κ1) is 32.3. The molecule has 0 fully saturated rings. The average Bonchev–Trinajstić information content (AvgIpc) is 3.42. The molecule has 12 heteroatoms. The second-order valence-corrected chi connectivity index (χ2v) is 10.6. The predicted molar refractivity (Wildman–Crippen MR) is 163 cm³/mol. The molecule has 0 aliphatic rings. The molecule has 4 rings (SSSR count). The van der Waals surface area contributed by atoms with Crippen molar-refractivity contribution in [2.45, 2.75) is 32.1 Å². The number of benzene rings is 3. The van der Waals surface area contributed by atoms with Crippen molar-refractivity contribution in [2.75, 3.05) is 18.4 Å². The topological polar surface area (TPSA) is 100.0 Å². The van der Waals surface area contributed by atoms with Crippen molar-refractivity contribution >= 4 is 28.8 Å². The van der Waals surface area contributed by atoms with Crippen molar-refractivity contribution in [3.05, 3.63) is 119 Å². The Kier molecular flexibility index (Phi) is 10.8. The SMILES string of the molecule is N#Cc1ccc(Cn2cncc2CC(=O)[C@@H](CCN)CN(Cc2ccccc2C(F)(F)F)C(=S)Nc2cccc(F)c2)cc1. The van der Waals surface area contributed by atoms with E-state index in [0.29, 0.717) is 23.5 Å². The van der Waals surface area contributed by atoms with Gasteiger partial charge in [0, 0.05) is 49.6 Å². The number of rotatable bonds is 12. The molecule has 7 nitrogen and oxygen atoms in total. The normalized spacial score (nSPS) is 11.9. The quantitative estimate of drug-likeness (QED) is 0.149. The summed E-state index contributed by atoms with van der Waals surface area (Å²) in [5, 5.41) is 12.0. The minimum atomic E-state index is -4.60. The maximum absolute atomic E-state index is 13.9. The van der Waals surface area contributed by atoms with Crippen molar-refractivity contribution < 1.29 is 22.4 Å². The summed E-state index contributed by atoms with van der Waals surface area (Å²) in [6.45, 7) is 0.324. The number of halogens is 4. The van der Waals surface area contributed by atoms with Crippen LogP contribution in [0.5, 0.6) is 0 Å². The van der Waals surface area contributed by atoms with Gasteiger partial charge in [-0.15, -0.1) is 0 Å². The standard InChI is InChI=1S/C32H30F4N6OS/c33-26-5-3-6-27(14-26)40-31(44)41(19-24-4-1-2-7-29(24)32(34,35)36)20-25(12-13-37)30(43)15-28-17-39-21-42(28)18-23-10-8-22(16-38)9-11-23/h1-11,14,17,21,25H,12-13,15,18-20,37H2,(H,40,44)/t25-/m0/s1. The Morgan fingerprint density at radius 3 is 2.55 bits per heavy atom. The number of alkyl halides is 3. The zero-order valence-corrected chi connectivity index (χ0v) is 24.4. The number of aromatic nitrogens is 2. The van der Waals surface area contributed by atoms with Crippen molar-refractivity contribution in [3.8, 4) is 6.07 Å². The third-order valence-corrected chi connectivity index (χ3v) is 7.41. The number of carbonyl (C=O) groups is 1. The van der Waals surface area contributed by atoms with Crippen LogP contribution in [-0.4, -0.2) is 38.4 Å². The number of hydrogen-bond acceptors (Lipinski definition) is 5. The zero-order valence-electron chi connectivity index (χ0n) is 23.6. The van der Waals surface area contributed by atoms with Crippen molar-refractivity contribution in [1.29, 1.82) is 5.26 Å². The number of thiocarbonyl (C=S) groups is 1. The number of anilines is 1. The fourth-order valence-corrected chi connectivity index (χ4v) is 5.05. The Morgan fingerprint density at radius 1 is 1.11 bits per heavy atom. The summed E-state index contributed by atoms with van der Waals surface area (Å²) in [5.74, 6) is -1.37. The van der Waals surface area contributed by atoms with Gasteiger partial charge in [0.15, 0.2) is 5.11 Å². The molecule has 228 valence electrons. The van der Waals surface area contributed by atoms with Crippen LogP contribution in [0.4, 0.5) is 23.2 Å². The van der Waals surface area contributed by atoms with Gasteiger partial charge in [-0.05, 0) is 72.7 Å². The van der Waals surface area contributed by atoms with E-state index in [4.69, 9.17) is 23.2 Å². The van der Waals surface area contributed by atoms with E-state index in [2.05, 4.69) is 16.4 Å². The Bertz CT molecular complexity index is 1630. The first-order valence-corrected chi connectivity index (χ1v) is 14.2. The minimum Gasteiger partial charge on any atom is -0.344 e. The van der Waals surface area contributed by atoms with E-state index in [-0.39, 0.29) is 48.9 Å². The molecular weight excluding hydrogens is 592 g/mol. The van der Waals surface area contributed by atoms with Gasteiger partial charge >= 0.3 is 6.18 Å². The molecule has 3 N–H and O–H groups in total. The van der Waals surface area contributed by atoms with Crippen LogP contribution in [0, 0.1) is 23.1 Å². The molecule has 1 atom stereocenters. The van der Waals surface area contributed by atoms with Crippen LogP contribution in [0.15, 0.2) is 85.3 Å². The molecule has 4 aromatic rings. The van der Waals surface area contributed by atoms with Gasteiger partial charge in [-0.25, -0.2) is 9.37 Å². The van der Waals surface area contributed by atoms with E-state index in [1.54, 1.807) is 30.7 Å². The van der Waals surface area contributed by atoms with E-state index in [1.807, 2.05) is 16.7 Å². The van der Waals surface area contributed by atoms with Crippen LogP contribution < -0.4 is 11.1 Å². The first-order valence-electron chi connectivity index (χ1n) is 13.7. The largest absolute Gasteiger partial charge is 0.416 e. The van der Waals surface area contributed by atoms with Gasteiger partial charge in [0.05, 0.1) is 23.5 Å². The number of nitrogens with one attached hydrogen (secondary N) is 1. The fourth-order valence-electron chi connectivity index (χ4n) is 4.79. The Morgan fingerprint density at radius 2 is 1.86 bits per heavy atom. The lowest BCUT2D eigenvalue weighted by Gasteiger charge is -2.30. The molecule has 0 saturated carbocycles. The number of hydrogen-bond donors (Lipinski definition) is 2. The second kappa shape index (κ2) is 14.7. The Balaban J connectivity index is 1.57. The summed E-state index contributed by atoms with van der Waals surface area (Å²) in [6.07, 6.45) is -1.12. The summed E-state index contributed by atoms with van der Waals surface area (Å²) in [5.41, 5.74) is 7.45. The number of carbonyl (C=O) groups excluding carboxylic acids is 1. The highest BCUT2D eigenvalue weighted by atomic mass is 32.1. The summed E-state index contributed by atoms with van der Waals surface area (Å²) in [7, 11) is 0. The highest BCUT2D eigenvalue weighted by Gasteiger charge is 2.34. The molecule has 1 aromatic heterocycles. The van der Waals surface area contributed by atoms with E-state index in [9.17, 15) is 22.4 Å². The lowest BCUT2D eigenvalue weighted by Crippen LogP contribution is -2.41. The van der Waals surface area contributed by atoms with Gasteiger partial charge in [-0.2, -0.15) is 18.4 Å². The number of ketones is 1. The smallest absolute Gasteiger partial charge is 0.344 e. The van der Waals surface area contributed by atoms with Gasteiger partial charge in [0.2, 0.25) is 0 Å². The van der Waals surface area contributed by atoms with Crippen LogP contribution in [0.2, 0.25) is 0 Å².